The van der Waals surface area contributed by atoms with E-state index in [2.05, 4.69) is 42.0 Å². The second-order valence-corrected chi connectivity index (χ2v) is 8.19. The maximum absolute atomic E-state index is 12.6. The number of hydrogen-bond donors (Lipinski definition) is 2. The van der Waals surface area contributed by atoms with Crippen LogP contribution in [0.3, 0.4) is 0 Å². The van der Waals surface area contributed by atoms with E-state index in [1.165, 1.54) is 6.08 Å². The van der Waals surface area contributed by atoms with E-state index in [0.717, 1.165) is 18.4 Å². The molecule has 3 heterocycles. The second-order valence-electron chi connectivity index (χ2n) is 8.19. The number of hydrazine groups is 1. The van der Waals surface area contributed by atoms with E-state index >= 15 is 0 Å². The number of carbonyl (C=O) groups is 1. The van der Waals surface area contributed by atoms with Crippen LogP contribution < -0.4 is 0 Å². The van der Waals surface area contributed by atoms with E-state index in [9.17, 15) is 15.2 Å². The zero-order valence-corrected chi connectivity index (χ0v) is 15.1. The molecule has 1 fully saturated rings. The lowest BCUT2D eigenvalue weighted by atomic mass is 9.95. The van der Waals surface area contributed by atoms with Crippen LogP contribution in [-0.4, -0.2) is 48.7 Å². The molecule has 8 heteroatoms. The summed E-state index contributed by atoms with van der Waals surface area (Å²) in [5.74, 6) is 0.332. The Labute approximate surface area is 152 Å². The first-order chi connectivity index (χ1) is 12.3. The van der Waals surface area contributed by atoms with Crippen molar-refractivity contribution in [3.8, 4) is 6.07 Å². The van der Waals surface area contributed by atoms with Crippen LogP contribution in [0.1, 0.15) is 50.9 Å². The summed E-state index contributed by atoms with van der Waals surface area (Å²) < 4.78 is 0. The Bertz CT molecular complexity index is 852. The first kappa shape index (κ1) is 16.7. The molecule has 1 unspecified atom stereocenters. The average Bonchev–Trinajstić information content (AvgIpc) is 3.14. The number of nitrogens with zero attached hydrogens (tertiary/aromatic N) is 5. The fourth-order valence-electron chi connectivity index (χ4n) is 3.54. The fourth-order valence-corrected chi connectivity index (χ4v) is 3.54. The number of aliphatic hydroxyl groups is 1. The maximum atomic E-state index is 12.6. The molecule has 1 aliphatic carbocycles. The molecule has 3 aliphatic rings. The van der Waals surface area contributed by atoms with Crippen molar-refractivity contribution in [3.05, 3.63) is 41.3 Å². The lowest BCUT2D eigenvalue weighted by Crippen LogP contribution is -2.49. The third kappa shape index (κ3) is 2.65. The van der Waals surface area contributed by atoms with Gasteiger partial charge in [0, 0.05) is 18.2 Å². The highest BCUT2D eigenvalue weighted by Gasteiger charge is 2.49. The minimum atomic E-state index is -0.255. The second kappa shape index (κ2) is 5.61. The smallest absolute Gasteiger partial charge is 0.257 e. The zero-order valence-electron chi connectivity index (χ0n) is 15.1. The summed E-state index contributed by atoms with van der Waals surface area (Å²) in [5, 5.41) is 30.4. The van der Waals surface area contributed by atoms with Gasteiger partial charge in [0.25, 0.3) is 5.91 Å². The number of aliphatic hydroxyl groups excluding tert-OH is 1. The SMILES string of the molecule is CC(C)(C)CN1C(=O)C=C(O)N2C1=CC(c1cn[nH]c1C#N)N2C1CC1. The zero-order chi connectivity index (χ0) is 18.6. The lowest BCUT2D eigenvalue weighted by molar-refractivity contribution is -0.132. The molecule has 0 spiro atoms. The number of nitriles is 1. The van der Waals surface area contributed by atoms with Crippen molar-refractivity contribution < 1.29 is 9.90 Å². The van der Waals surface area contributed by atoms with Gasteiger partial charge >= 0.3 is 0 Å². The van der Waals surface area contributed by atoms with Gasteiger partial charge in [-0.05, 0) is 24.3 Å². The van der Waals surface area contributed by atoms with Gasteiger partial charge in [0.15, 0.2) is 0 Å². The number of aromatic amines is 1. The van der Waals surface area contributed by atoms with Crippen LogP contribution in [0.4, 0.5) is 0 Å². The molecule has 0 saturated heterocycles. The summed E-state index contributed by atoms with van der Waals surface area (Å²) in [6.45, 7) is 6.73. The first-order valence-corrected chi connectivity index (χ1v) is 8.76. The first-order valence-electron chi connectivity index (χ1n) is 8.76. The Hall–Kier alpha value is -2.79. The van der Waals surface area contributed by atoms with Crippen LogP contribution in [-0.2, 0) is 4.79 Å². The standard InChI is InChI=1S/C18H22N6O2/c1-18(2,3)10-22-15-6-14(12-9-20-21-13(12)8-19)23(11-4-5-11)24(15)17(26)7-16(22)25/h6-7,9,11,14,26H,4-5,10H2,1-3H3,(H,20,21). The van der Waals surface area contributed by atoms with Crippen molar-refractivity contribution in [1.82, 2.24) is 25.1 Å². The van der Waals surface area contributed by atoms with E-state index < -0.39 is 0 Å². The number of H-pyrrole nitrogens is 1. The van der Waals surface area contributed by atoms with Crippen molar-refractivity contribution in [2.24, 2.45) is 5.41 Å². The largest absolute Gasteiger partial charge is 0.493 e. The van der Waals surface area contributed by atoms with Crippen LogP contribution in [0.5, 0.6) is 0 Å². The van der Waals surface area contributed by atoms with E-state index in [1.807, 2.05) is 6.08 Å². The molecule has 2 N–H and O–H groups in total. The molecular weight excluding hydrogens is 332 g/mol. The summed E-state index contributed by atoms with van der Waals surface area (Å²) in [6.07, 6.45) is 6.87. The molecule has 1 saturated carbocycles. The highest BCUT2D eigenvalue weighted by atomic mass is 16.3. The maximum Gasteiger partial charge on any atom is 0.257 e. The highest BCUT2D eigenvalue weighted by molar-refractivity contribution is 5.90. The molecule has 2 aliphatic heterocycles. The predicted molar refractivity (Wildman–Crippen MR) is 92.7 cm³/mol. The van der Waals surface area contributed by atoms with E-state index in [1.54, 1.807) is 16.1 Å². The average molecular weight is 354 g/mol. The quantitative estimate of drug-likeness (QED) is 0.863. The Morgan fingerprint density at radius 3 is 2.77 bits per heavy atom. The summed E-state index contributed by atoms with van der Waals surface area (Å²) in [6, 6.07) is 2.14. The molecule has 1 amide bonds. The van der Waals surface area contributed by atoms with Gasteiger partial charge in [-0.25, -0.2) is 5.01 Å². The van der Waals surface area contributed by atoms with Gasteiger partial charge in [0.2, 0.25) is 5.88 Å². The fraction of sp³-hybridized carbons (Fsp3) is 0.500. The van der Waals surface area contributed by atoms with E-state index in [-0.39, 0.29) is 29.3 Å². The van der Waals surface area contributed by atoms with Crippen molar-refractivity contribution in [1.29, 1.82) is 5.26 Å². The van der Waals surface area contributed by atoms with Gasteiger partial charge in [0.1, 0.15) is 17.6 Å². The molecule has 26 heavy (non-hydrogen) atoms. The number of hydrogen-bond acceptors (Lipinski definition) is 6. The number of amides is 1. The van der Waals surface area contributed by atoms with E-state index in [4.69, 9.17) is 0 Å². The van der Waals surface area contributed by atoms with Crippen LogP contribution in [0.2, 0.25) is 0 Å². The Kier molecular flexibility index (Phi) is 3.59. The Morgan fingerprint density at radius 2 is 2.15 bits per heavy atom. The van der Waals surface area contributed by atoms with Crippen molar-refractivity contribution in [2.45, 2.75) is 45.7 Å². The number of carbonyl (C=O) groups excluding carboxylic acids is 1. The molecule has 4 rings (SSSR count). The molecular formula is C18H22N6O2. The summed E-state index contributed by atoms with van der Waals surface area (Å²) >= 11 is 0. The van der Waals surface area contributed by atoms with Crippen molar-refractivity contribution in [3.63, 3.8) is 0 Å². The van der Waals surface area contributed by atoms with Gasteiger partial charge in [-0.15, -0.1) is 0 Å². The van der Waals surface area contributed by atoms with Crippen LogP contribution >= 0.6 is 0 Å². The highest BCUT2D eigenvalue weighted by Crippen LogP contribution is 2.46. The van der Waals surface area contributed by atoms with Gasteiger partial charge in [-0.3, -0.25) is 14.8 Å². The molecule has 1 aromatic heterocycles. The summed E-state index contributed by atoms with van der Waals surface area (Å²) in [5.41, 5.74) is 1.05. The normalized spacial score (nSPS) is 23.6. The molecule has 8 nitrogen and oxygen atoms in total. The Morgan fingerprint density at radius 1 is 1.42 bits per heavy atom. The van der Waals surface area contributed by atoms with Gasteiger partial charge in [-0.2, -0.15) is 15.4 Å². The molecule has 0 bridgehead atoms. The third-order valence-corrected chi connectivity index (χ3v) is 4.70. The number of nitrogens with one attached hydrogen (secondary N) is 1. The molecule has 136 valence electrons. The van der Waals surface area contributed by atoms with Crippen LogP contribution in [0.25, 0.3) is 0 Å². The van der Waals surface area contributed by atoms with Crippen molar-refractivity contribution in [2.75, 3.05) is 6.54 Å². The van der Waals surface area contributed by atoms with Crippen molar-refractivity contribution >= 4 is 5.91 Å². The number of fused-ring (bicyclic) bond motifs is 1. The summed E-state index contributed by atoms with van der Waals surface area (Å²) in [7, 11) is 0. The topological polar surface area (TPSA) is 99.5 Å². The minimum Gasteiger partial charge on any atom is -0.493 e. The molecule has 0 aromatic carbocycles. The molecule has 1 aromatic rings. The van der Waals surface area contributed by atoms with Gasteiger partial charge < -0.3 is 5.11 Å². The monoisotopic (exact) mass is 354 g/mol. The Balaban J connectivity index is 1.80. The van der Waals surface area contributed by atoms with E-state index in [0.29, 0.717) is 18.1 Å². The predicted octanol–water partition coefficient (Wildman–Crippen LogP) is 2.15. The number of aromatic nitrogens is 2. The van der Waals surface area contributed by atoms with Crippen LogP contribution in [0, 0.1) is 16.7 Å². The number of rotatable bonds is 3. The minimum absolute atomic E-state index is 0.0807. The van der Waals surface area contributed by atoms with Gasteiger partial charge in [0.05, 0.1) is 18.3 Å². The third-order valence-electron chi connectivity index (χ3n) is 4.70. The van der Waals surface area contributed by atoms with Gasteiger partial charge in [-0.1, -0.05) is 20.8 Å². The van der Waals surface area contributed by atoms with Crippen LogP contribution in [0.15, 0.2) is 30.1 Å². The summed E-state index contributed by atoms with van der Waals surface area (Å²) in [4.78, 5) is 14.3. The molecule has 1 atom stereocenters. The molecule has 0 radical (unpaired) electrons. The lowest BCUT2D eigenvalue weighted by Gasteiger charge is -2.41.